The molecule has 2 rings (SSSR count). The number of amides is 1. The molecule has 0 saturated carbocycles. The Kier molecular flexibility index (Phi) is 5.97. The minimum atomic E-state index is -0.241. The van der Waals surface area contributed by atoms with Gasteiger partial charge < -0.3 is 15.5 Å². The van der Waals surface area contributed by atoms with Gasteiger partial charge in [0.1, 0.15) is 17.8 Å². The number of nitrogens with one attached hydrogen (secondary N) is 2. The summed E-state index contributed by atoms with van der Waals surface area (Å²) in [6.45, 7) is 2.82. The fourth-order valence-corrected chi connectivity index (χ4v) is 1.97. The molecule has 7 nitrogen and oxygen atoms in total. The van der Waals surface area contributed by atoms with Gasteiger partial charge in [-0.3, -0.25) is 9.59 Å². The van der Waals surface area contributed by atoms with Gasteiger partial charge in [0.2, 0.25) is 0 Å². The summed E-state index contributed by atoms with van der Waals surface area (Å²) in [5, 5.41) is 5.89. The Morgan fingerprint density at radius 1 is 1.12 bits per heavy atom. The third-order valence-electron chi connectivity index (χ3n) is 3.31. The van der Waals surface area contributed by atoms with Crippen molar-refractivity contribution < 1.29 is 9.59 Å². The van der Waals surface area contributed by atoms with Crippen molar-refractivity contribution in [2.75, 3.05) is 32.5 Å². The molecule has 0 spiro atoms. The van der Waals surface area contributed by atoms with Crippen LogP contribution in [0, 0.1) is 0 Å². The predicted molar refractivity (Wildman–Crippen MR) is 92.6 cm³/mol. The van der Waals surface area contributed by atoms with E-state index in [9.17, 15) is 9.59 Å². The Balaban J connectivity index is 2.01. The van der Waals surface area contributed by atoms with Crippen LogP contribution in [0.25, 0.3) is 0 Å². The first-order valence-electron chi connectivity index (χ1n) is 7.58. The van der Waals surface area contributed by atoms with E-state index in [4.69, 9.17) is 0 Å². The zero-order valence-corrected chi connectivity index (χ0v) is 14.0. The summed E-state index contributed by atoms with van der Waals surface area (Å²) in [5.74, 6) is 0.285. The van der Waals surface area contributed by atoms with Crippen LogP contribution in [0.2, 0.25) is 0 Å². The van der Waals surface area contributed by atoms with Crippen LogP contribution in [0.15, 0.2) is 36.7 Å². The second-order valence-electron chi connectivity index (χ2n) is 5.61. The quantitative estimate of drug-likeness (QED) is 0.753. The number of carbonyl (C=O) groups excluding carboxylic acids is 2. The van der Waals surface area contributed by atoms with Gasteiger partial charge in [0, 0.05) is 30.4 Å². The Labute approximate surface area is 141 Å². The number of benzene rings is 1. The van der Waals surface area contributed by atoms with Crippen molar-refractivity contribution in [2.24, 2.45) is 0 Å². The van der Waals surface area contributed by atoms with Gasteiger partial charge >= 0.3 is 0 Å². The lowest BCUT2D eigenvalue weighted by molar-refractivity contribution is 0.0945. The summed E-state index contributed by atoms with van der Waals surface area (Å²) in [6, 6.07) is 8.64. The number of ketones is 1. The lowest BCUT2D eigenvalue weighted by Crippen LogP contribution is -2.31. The van der Waals surface area contributed by atoms with E-state index in [0.29, 0.717) is 23.6 Å². The Hall–Kier alpha value is -2.80. The van der Waals surface area contributed by atoms with E-state index in [1.807, 2.05) is 19.0 Å². The standard InChI is InChI=1S/C17H21N5O2/c1-12(23)13-4-6-14(7-5-13)21-16-10-15(19-11-20-16)17(24)18-8-9-22(2)3/h4-7,10-11H,8-9H2,1-3H3,(H,18,24)(H,19,20,21). The summed E-state index contributed by atoms with van der Waals surface area (Å²) in [5.41, 5.74) is 1.72. The third-order valence-corrected chi connectivity index (χ3v) is 3.31. The zero-order valence-electron chi connectivity index (χ0n) is 14.0. The van der Waals surface area contributed by atoms with Crippen molar-refractivity contribution in [2.45, 2.75) is 6.92 Å². The highest BCUT2D eigenvalue weighted by Crippen LogP contribution is 2.15. The van der Waals surface area contributed by atoms with Gasteiger partial charge in [-0.1, -0.05) is 0 Å². The van der Waals surface area contributed by atoms with Gasteiger partial charge in [0.15, 0.2) is 5.78 Å². The van der Waals surface area contributed by atoms with Gasteiger partial charge in [0.25, 0.3) is 5.91 Å². The number of aromatic nitrogens is 2. The van der Waals surface area contributed by atoms with Crippen LogP contribution in [0.3, 0.4) is 0 Å². The van der Waals surface area contributed by atoms with Crippen molar-refractivity contribution >= 4 is 23.2 Å². The highest BCUT2D eigenvalue weighted by Gasteiger charge is 2.08. The van der Waals surface area contributed by atoms with E-state index >= 15 is 0 Å². The molecule has 1 aromatic carbocycles. The van der Waals surface area contributed by atoms with Crippen molar-refractivity contribution in [3.8, 4) is 0 Å². The average molecular weight is 327 g/mol. The highest BCUT2D eigenvalue weighted by atomic mass is 16.1. The van der Waals surface area contributed by atoms with Gasteiger partial charge in [-0.05, 0) is 45.3 Å². The summed E-state index contributed by atoms with van der Waals surface area (Å²) >= 11 is 0. The number of rotatable bonds is 7. The summed E-state index contributed by atoms with van der Waals surface area (Å²) < 4.78 is 0. The smallest absolute Gasteiger partial charge is 0.270 e. The van der Waals surface area contributed by atoms with Gasteiger partial charge in [-0.15, -0.1) is 0 Å². The second kappa shape index (κ2) is 8.16. The Morgan fingerprint density at radius 3 is 2.46 bits per heavy atom. The summed E-state index contributed by atoms with van der Waals surface area (Å²) in [4.78, 5) is 33.4. The maximum atomic E-state index is 12.1. The molecule has 1 aromatic heterocycles. The minimum Gasteiger partial charge on any atom is -0.349 e. The third kappa shape index (κ3) is 5.13. The molecule has 1 amide bonds. The lowest BCUT2D eigenvalue weighted by Gasteiger charge is -2.10. The number of likely N-dealkylation sites (N-methyl/N-ethyl adjacent to an activating group) is 1. The molecule has 0 bridgehead atoms. The monoisotopic (exact) mass is 327 g/mol. The molecule has 0 aliphatic heterocycles. The minimum absolute atomic E-state index is 0.0141. The molecule has 24 heavy (non-hydrogen) atoms. The molecule has 2 N–H and O–H groups in total. The van der Waals surface area contributed by atoms with E-state index in [0.717, 1.165) is 12.2 Å². The molecule has 2 aromatic rings. The van der Waals surface area contributed by atoms with E-state index in [2.05, 4.69) is 20.6 Å². The fourth-order valence-electron chi connectivity index (χ4n) is 1.97. The Bertz CT molecular complexity index is 713. The van der Waals surface area contributed by atoms with Crippen LogP contribution in [0.5, 0.6) is 0 Å². The predicted octanol–water partition coefficient (Wildman–Crippen LogP) is 1.71. The van der Waals surface area contributed by atoms with Crippen molar-refractivity contribution in [3.63, 3.8) is 0 Å². The maximum Gasteiger partial charge on any atom is 0.270 e. The first-order valence-corrected chi connectivity index (χ1v) is 7.58. The molecule has 0 atom stereocenters. The molecule has 126 valence electrons. The highest BCUT2D eigenvalue weighted by molar-refractivity contribution is 5.94. The number of anilines is 2. The summed E-state index contributed by atoms with van der Waals surface area (Å²) in [6.07, 6.45) is 1.34. The number of Topliss-reactive ketones (excluding diaryl/α,β-unsaturated/α-hetero) is 1. The van der Waals surface area contributed by atoms with Crippen molar-refractivity contribution in [1.82, 2.24) is 20.2 Å². The molecule has 0 unspecified atom stereocenters. The number of carbonyl (C=O) groups is 2. The molecule has 0 aliphatic rings. The van der Waals surface area contributed by atoms with Crippen LogP contribution in [0.1, 0.15) is 27.8 Å². The molecule has 0 saturated heterocycles. The topological polar surface area (TPSA) is 87.2 Å². The molecule has 0 radical (unpaired) electrons. The molecule has 1 heterocycles. The lowest BCUT2D eigenvalue weighted by atomic mass is 10.1. The molecule has 0 fully saturated rings. The molecular formula is C17H21N5O2. The van der Waals surface area contributed by atoms with Gasteiger partial charge in [-0.2, -0.15) is 0 Å². The van der Waals surface area contributed by atoms with Crippen LogP contribution in [-0.2, 0) is 0 Å². The Morgan fingerprint density at radius 2 is 1.83 bits per heavy atom. The number of hydrogen-bond acceptors (Lipinski definition) is 6. The van der Waals surface area contributed by atoms with E-state index in [1.54, 1.807) is 30.3 Å². The SMILES string of the molecule is CC(=O)c1ccc(Nc2cc(C(=O)NCCN(C)C)ncn2)cc1. The van der Waals surface area contributed by atoms with Gasteiger partial charge in [-0.25, -0.2) is 9.97 Å². The van der Waals surface area contributed by atoms with E-state index in [1.165, 1.54) is 13.3 Å². The van der Waals surface area contributed by atoms with Crippen molar-refractivity contribution in [3.05, 3.63) is 47.9 Å². The van der Waals surface area contributed by atoms with Crippen LogP contribution in [-0.4, -0.2) is 53.7 Å². The van der Waals surface area contributed by atoms with Crippen LogP contribution in [0.4, 0.5) is 11.5 Å². The number of nitrogens with zero attached hydrogens (tertiary/aromatic N) is 3. The van der Waals surface area contributed by atoms with E-state index < -0.39 is 0 Å². The van der Waals surface area contributed by atoms with Crippen LogP contribution >= 0.6 is 0 Å². The van der Waals surface area contributed by atoms with Gasteiger partial charge in [0.05, 0.1) is 0 Å². The fraction of sp³-hybridized carbons (Fsp3) is 0.294. The second-order valence-corrected chi connectivity index (χ2v) is 5.61. The maximum absolute atomic E-state index is 12.1. The summed E-state index contributed by atoms with van der Waals surface area (Å²) in [7, 11) is 3.88. The van der Waals surface area contributed by atoms with Crippen LogP contribution < -0.4 is 10.6 Å². The first kappa shape index (κ1) is 17.6. The molecular weight excluding hydrogens is 306 g/mol. The number of hydrogen-bond donors (Lipinski definition) is 2. The molecule has 0 aliphatic carbocycles. The largest absolute Gasteiger partial charge is 0.349 e. The van der Waals surface area contributed by atoms with E-state index in [-0.39, 0.29) is 11.7 Å². The first-order chi connectivity index (χ1) is 11.5. The zero-order chi connectivity index (χ0) is 17.5. The normalized spacial score (nSPS) is 10.5. The molecule has 7 heteroatoms. The van der Waals surface area contributed by atoms with Crippen molar-refractivity contribution in [1.29, 1.82) is 0 Å². The average Bonchev–Trinajstić information content (AvgIpc) is 2.55.